The van der Waals surface area contributed by atoms with E-state index in [1.165, 1.54) is 6.42 Å². The van der Waals surface area contributed by atoms with Crippen LogP contribution in [0.4, 0.5) is 4.79 Å². The van der Waals surface area contributed by atoms with E-state index in [4.69, 9.17) is 0 Å². The molecule has 0 atom stereocenters. The molecule has 2 heterocycles. The summed E-state index contributed by atoms with van der Waals surface area (Å²) < 4.78 is 0. The van der Waals surface area contributed by atoms with Crippen LogP contribution in [0.1, 0.15) is 26.2 Å². The van der Waals surface area contributed by atoms with Crippen molar-refractivity contribution in [3.63, 3.8) is 0 Å². The molecule has 2 rings (SSSR count). The zero-order valence-electron chi connectivity index (χ0n) is 12.5. The average Bonchev–Trinajstić information content (AvgIpc) is 2.48. The van der Waals surface area contributed by atoms with Crippen molar-refractivity contribution in [1.82, 2.24) is 15.1 Å². The molecule has 2 fully saturated rings. The normalized spacial score (nSPS) is 20.6. The Bertz CT molecular complexity index is 280. The lowest BCUT2D eigenvalue weighted by Crippen LogP contribution is -2.49. The molecule has 2 amide bonds. The Morgan fingerprint density at radius 2 is 1.75 bits per heavy atom. The number of rotatable bonds is 4. The highest BCUT2D eigenvalue weighted by atomic mass is 35.5. The van der Waals surface area contributed by atoms with E-state index >= 15 is 0 Å². The maximum atomic E-state index is 12.3. The van der Waals surface area contributed by atoms with Gasteiger partial charge < -0.3 is 15.1 Å². The van der Waals surface area contributed by atoms with Crippen LogP contribution in [0.15, 0.2) is 0 Å². The zero-order chi connectivity index (χ0) is 13.5. The number of nitrogens with zero attached hydrogens (tertiary/aromatic N) is 2. The molecule has 2 aliphatic heterocycles. The number of carbonyl (C=O) groups is 1. The Hall–Kier alpha value is -0.130. The van der Waals surface area contributed by atoms with E-state index in [9.17, 15) is 4.79 Å². The second kappa shape index (κ2) is 9.74. The monoisotopic (exact) mass is 321 g/mol. The summed E-state index contributed by atoms with van der Waals surface area (Å²) in [5.74, 6) is 2.96. The van der Waals surface area contributed by atoms with Crippen LogP contribution < -0.4 is 5.32 Å². The summed E-state index contributed by atoms with van der Waals surface area (Å²) in [6.45, 7) is 8.19. The van der Waals surface area contributed by atoms with Gasteiger partial charge in [-0.1, -0.05) is 6.92 Å². The molecular formula is C14H28ClN3OS. The van der Waals surface area contributed by atoms with Crippen LogP contribution in [-0.4, -0.2) is 66.6 Å². The molecule has 0 aliphatic carbocycles. The van der Waals surface area contributed by atoms with Crippen molar-refractivity contribution < 1.29 is 4.79 Å². The molecule has 2 saturated heterocycles. The fourth-order valence-electron chi connectivity index (χ4n) is 2.77. The predicted octanol–water partition coefficient (Wildman–Crippen LogP) is 2.29. The van der Waals surface area contributed by atoms with Gasteiger partial charge in [-0.25, -0.2) is 4.79 Å². The minimum atomic E-state index is 0. The maximum Gasteiger partial charge on any atom is 0.320 e. The first kappa shape index (κ1) is 17.9. The van der Waals surface area contributed by atoms with Gasteiger partial charge in [0.15, 0.2) is 0 Å². The van der Waals surface area contributed by atoms with Crippen molar-refractivity contribution in [1.29, 1.82) is 0 Å². The minimum Gasteiger partial charge on any atom is -0.325 e. The highest BCUT2D eigenvalue weighted by Gasteiger charge is 2.26. The van der Waals surface area contributed by atoms with Gasteiger partial charge in [-0.2, -0.15) is 11.8 Å². The predicted molar refractivity (Wildman–Crippen MR) is 89.0 cm³/mol. The van der Waals surface area contributed by atoms with Gasteiger partial charge in [0.1, 0.15) is 0 Å². The molecular weight excluding hydrogens is 294 g/mol. The van der Waals surface area contributed by atoms with Crippen LogP contribution in [-0.2, 0) is 0 Å². The summed E-state index contributed by atoms with van der Waals surface area (Å²) in [5.41, 5.74) is 0. The van der Waals surface area contributed by atoms with E-state index in [0.717, 1.165) is 69.5 Å². The molecule has 6 heteroatoms. The van der Waals surface area contributed by atoms with Gasteiger partial charge in [-0.3, -0.25) is 0 Å². The molecule has 0 aromatic heterocycles. The Kier molecular flexibility index (Phi) is 8.73. The van der Waals surface area contributed by atoms with Crippen molar-refractivity contribution in [2.75, 3.05) is 50.8 Å². The molecule has 0 radical (unpaired) electrons. The first-order chi connectivity index (χ1) is 9.31. The Labute approximate surface area is 133 Å². The number of halogens is 1. The van der Waals surface area contributed by atoms with E-state index in [1.54, 1.807) is 0 Å². The van der Waals surface area contributed by atoms with E-state index in [-0.39, 0.29) is 18.4 Å². The first-order valence-electron chi connectivity index (χ1n) is 7.63. The lowest BCUT2D eigenvalue weighted by atomic mass is 9.97. The molecule has 0 spiro atoms. The number of hydrogen-bond acceptors (Lipinski definition) is 3. The number of hydrogen-bond donors (Lipinski definition) is 1. The number of amides is 2. The molecule has 0 saturated carbocycles. The zero-order valence-corrected chi connectivity index (χ0v) is 14.1. The number of thioether (sulfide) groups is 1. The third kappa shape index (κ3) is 5.34. The van der Waals surface area contributed by atoms with Crippen LogP contribution >= 0.6 is 24.2 Å². The smallest absolute Gasteiger partial charge is 0.320 e. The Balaban J connectivity index is 0.00000200. The van der Waals surface area contributed by atoms with Crippen LogP contribution in [0.25, 0.3) is 0 Å². The number of likely N-dealkylation sites (tertiary alicyclic amines) is 1. The van der Waals surface area contributed by atoms with Crippen LogP contribution in [0.5, 0.6) is 0 Å². The number of urea groups is 1. The fourth-order valence-corrected chi connectivity index (χ4v) is 3.67. The average molecular weight is 322 g/mol. The third-order valence-corrected chi connectivity index (χ3v) is 4.97. The van der Waals surface area contributed by atoms with E-state index < -0.39 is 0 Å². The molecule has 0 unspecified atom stereocenters. The van der Waals surface area contributed by atoms with Gasteiger partial charge >= 0.3 is 6.03 Å². The highest BCUT2D eigenvalue weighted by molar-refractivity contribution is 7.99. The summed E-state index contributed by atoms with van der Waals surface area (Å²) >= 11 is 1.95. The van der Waals surface area contributed by atoms with Crippen molar-refractivity contribution >= 4 is 30.2 Å². The molecule has 20 heavy (non-hydrogen) atoms. The summed E-state index contributed by atoms with van der Waals surface area (Å²) in [6, 6.07) is 0.278. The standard InChI is InChI=1S/C14H27N3OS.ClH/c1-2-5-15-12-13-3-6-16(7-4-13)14(18)17-8-10-19-11-9-17;/h13,15H,2-12H2,1H3;1H. The van der Waals surface area contributed by atoms with Gasteiger partial charge in [0.05, 0.1) is 0 Å². The van der Waals surface area contributed by atoms with Crippen molar-refractivity contribution in [2.45, 2.75) is 26.2 Å². The van der Waals surface area contributed by atoms with Gasteiger partial charge in [0.25, 0.3) is 0 Å². The van der Waals surface area contributed by atoms with Crippen LogP contribution in [0, 0.1) is 5.92 Å². The first-order valence-corrected chi connectivity index (χ1v) is 8.79. The molecule has 0 bridgehead atoms. The molecule has 2 aliphatic rings. The summed E-state index contributed by atoms with van der Waals surface area (Å²) in [6.07, 6.45) is 3.51. The number of piperidine rings is 1. The topological polar surface area (TPSA) is 35.6 Å². The lowest BCUT2D eigenvalue weighted by Gasteiger charge is -2.37. The number of nitrogens with one attached hydrogen (secondary N) is 1. The maximum absolute atomic E-state index is 12.3. The molecule has 4 nitrogen and oxygen atoms in total. The summed E-state index contributed by atoms with van der Waals surface area (Å²) in [7, 11) is 0. The second-order valence-electron chi connectivity index (χ2n) is 5.52. The fraction of sp³-hybridized carbons (Fsp3) is 0.929. The third-order valence-electron chi connectivity index (χ3n) is 4.03. The van der Waals surface area contributed by atoms with Gasteiger partial charge in [0.2, 0.25) is 0 Å². The minimum absolute atomic E-state index is 0. The summed E-state index contributed by atoms with van der Waals surface area (Å²) in [5, 5.41) is 3.50. The SMILES string of the molecule is CCCNCC1CCN(C(=O)N2CCSCC2)CC1.Cl. The quantitative estimate of drug-likeness (QED) is 0.807. The van der Waals surface area contributed by atoms with Gasteiger partial charge in [-0.05, 0) is 38.3 Å². The number of carbonyl (C=O) groups excluding carboxylic acids is 1. The Morgan fingerprint density at radius 1 is 1.15 bits per heavy atom. The van der Waals surface area contributed by atoms with Crippen molar-refractivity contribution in [3.8, 4) is 0 Å². The van der Waals surface area contributed by atoms with E-state index in [0.29, 0.717) is 0 Å². The van der Waals surface area contributed by atoms with Crippen molar-refractivity contribution in [2.24, 2.45) is 5.92 Å². The molecule has 0 aromatic carbocycles. The lowest BCUT2D eigenvalue weighted by molar-refractivity contribution is 0.135. The second-order valence-corrected chi connectivity index (χ2v) is 6.74. The largest absolute Gasteiger partial charge is 0.325 e. The summed E-state index contributed by atoms with van der Waals surface area (Å²) in [4.78, 5) is 16.4. The Morgan fingerprint density at radius 3 is 2.35 bits per heavy atom. The van der Waals surface area contributed by atoms with Crippen LogP contribution in [0.2, 0.25) is 0 Å². The van der Waals surface area contributed by atoms with Crippen LogP contribution in [0.3, 0.4) is 0 Å². The highest BCUT2D eigenvalue weighted by Crippen LogP contribution is 2.19. The molecule has 1 N–H and O–H groups in total. The molecule has 0 aromatic rings. The van der Waals surface area contributed by atoms with E-state index in [2.05, 4.69) is 17.1 Å². The van der Waals surface area contributed by atoms with E-state index in [1.807, 2.05) is 16.7 Å². The van der Waals surface area contributed by atoms with Crippen molar-refractivity contribution in [3.05, 3.63) is 0 Å². The van der Waals surface area contributed by atoms with Gasteiger partial charge in [0, 0.05) is 37.7 Å². The van der Waals surface area contributed by atoms with Gasteiger partial charge in [-0.15, -0.1) is 12.4 Å². The molecule has 118 valence electrons.